The molecular formula is C22H24N2O4. The number of hydrogen-bond acceptors (Lipinski definition) is 4. The molecule has 2 aromatic carbocycles. The summed E-state index contributed by atoms with van der Waals surface area (Å²) in [6.45, 7) is 4.03. The summed E-state index contributed by atoms with van der Waals surface area (Å²) in [6, 6.07) is 11.1. The van der Waals surface area contributed by atoms with Gasteiger partial charge in [0.2, 0.25) is 5.91 Å². The molecule has 0 saturated carbocycles. The van der Waals surface area contributed by atoms with Gasteiger partial charge in [-0.1, -0.05) is 6.07 Å². The monoisotopic (exact) mass is 380 g/mol. The fourth-order valence-corrected chi connectivity index (χ4v) is 3.05. The van der Waals surface area contributed by atoms with E-state index in [4.69, 9.17) is 9.47 Å². The molecule has 0 atom stereocenters. The topological polar surface area (TPSA) is 80.4 Å². The fourth-order valence-electron chi connectivity index (χ4n) is 3.05. The van der Waals surface area contributed by atoms with E-state index in [0.717, 1.165) is 16.6 Å². The molecule has 146 valence electrons. The van der Waals surface area contributed by atoms with Gasteiger partial charge in [-0.05, 0) is 55.7 Å². The van der Waals surface area contributed by atoms with E-state index in [9.17, 15) is 9.59 Å². The van der Waals surface area contributed by atoms with Gasteiger partial charge in [0.25, 0.3) is 5.56 Å². The molecule has 28 heavy (non-hydrogen) atoms. The maximum atomic E-state index is 12.4. The Bertz CT molecular complexity index is 1090. The van der Waals surface area contributed by atoms with E-state index in [2.05, 4.69) is 10.3 Å². The number of aromatic nitrogens is 1. The second-order valence-electron chi connectivity index (χ2n) is 6.77. The molecule has 6 heteroatoms. The predicted octanol–water partition coefficient (Wildman–Crippen LogP) is 3.73. The average molecular weight is 380 g/mol. The fraction of sp³-hybridized carbons (Fsp3) is 0.273. The Morgan fingerprint density at radius 3 is 2.39 bits per heavy atom. The first-order valence-electron chi connectivity index (χ1n) is 9.06. The minimum atomic E-state index is -0.210. The van der Waals surface area contributed by atoms with Crippen molar-refractivity contribution in [2.24, 2.45) is 0 Å². The Labute approximate surface area is 163 Å². The normalized spacial score (nSPS) is 10.7. The lowest BCUT2D eigenvalue weighted by molar-refractivity contribution is -0.116. The van der Waals surface area contributed by atoms with Crippen molar-refractivity contribution in [1.29, 1.82) is 0 Å². The van der Waals surface area contributed by atoms with Crippen LogP contribution < -0.4 is 20.3 Å². The third-order valence-electron chi connectivity index (χ3n) is 4.84. The SMILES string of the molecule is COc1cc2cc(CCC(=O)Nc3ccc(C)c(C)c3)c(=O)[nH]c2cc1OC. The molecular weight excluding hydrogens is 356 g/mol. The first-order chi connectivity index (χ1) is 13.4. The molecule has 3 rings (SSSR count). The minimum absolute atomic E-state index is 0.130. The highest BCUT2D eigenvalue weighted by atomic mass is 16.5. The summed E-state index contributed by atoms with van der Waals surface area (Å²) in [4.78, 5) is 27.5. The quantitative estimate of drug-likeness (QED) is 0.683. The number of H-pyrrole nitrogens is 1. The zero-order valence-electron chi connectivity index (χ0n) is 16.5. The van der Waals surface area contributed by atoms with Gasteiger partial charge in [0.1, 0.15) is 0 Å². The van der Waals surface area contributed by atoms with Crippen LogP contribution in [0, 0.1) is 13.8 Å². The van der Waals surface area contributed by atoms with E-state index in [1.165, 1.54) is 5.56 Å². The summed E-state index contributed by atoms with van der Waals surface area (Å²) in [6.07, 6.45) is 0.561. The molecule has 1 aromatic heterocycles. The van der Waals surface area contributed by atoms with Crippen LogP contribution in [0.15, 0.2) is 41.2 Å². The van der Waals surface area contributed by atoms with Crippen LogP contribution in [0.3, 0.4) is 0 Å². The van der Waals surface area contributed by atoms with Crippen LogP contribution in [0.1, 0.15) is 23.1 Å². The summed E-state index contributed by atoms with van der Waals surface area (Å²) in [5.74, 6) is 1.00. The van der Waals surface area contributed by atoms with Gasteiger partial charge in [-0.25, -0.2) is 0 Å². The Balaban J connectivity index is 1.76. The standard InChI is InChI=1S/C22H24N2O4/c1-13-5-7-17(9-14(13)2)23-21(25)8-6-15-10-16-11-19(27-3)20(28-4)12-18(16)24-22(15)26/h5,7,9-12H,6,8H2,1-4H3,(H,23,25)(H,24,26). The van der Waals surface area contributed by atoms with E-state index >= 15 is 0 Å². The molecule has 0 aliphatic heterocycles. The first-order valence-corrected chi connectivity index (χ1v) is 9.06. The van der Waals surface area contributed by atoms with Gasteiger partial charge in [0, 0.05) is 29.1 Å². The van der Waals surface area contributed by atoms with Crippen LogP contribution in [0.4, 0.5) is 5.69 Å². The van der Waals surface area contributed by atoms with Crippen LogP contribution in [-0.4, -0.2) is 25.1 Å². The maximum Gasteiger partial charge on any atom is 0.251 e. The molecule has 0 unspecified atom stereocenters. The number of rotatable bonds is 6. The van der Waals surface area contributed by atoms with Gasteiger partial charge in [0.15, 0.2) is 11.5 Å². The number of pyridine rings is 1. The molecule has 2 N–H and O–H groups in total. The van der Waals surface area contributed by atoms with E-state index in [0.29, 0.717) is 29.0 Å². The van der Waals surface area contributed by atoms with Crippen molar-refractivity contribution in [2.75, 3.05) is 19.5 Å². The van der Waals surface area contributed by atoms with E-state index in [1.54, 1.807) is 26.4 Å². The highest BCUT2D eigenvalue weighted by Gasteiger charge is 2.11. The molecule has 0 spiro atoms. The third-order valence-corrected chi connectivity index (χ3v) is 4.84. The molecule has 0 aliphatic carbocycles. The number of amides is 1. The van der Waals surface area contributed by atoms with Gasteiger partial charge >= 0.3 is 0 Å². The molecule has 6 nitrogen and oxygen atoms in total. The number of aryl methyl sites for hydroxylation is 3. The van der Waals surface area contributed by atoms with Crippen molar-refractivity contribution in [3.63, 3.8) is 0 Å². The average Bonchev–Trinajstić information content (AvgIpc) is 2.68. The Kier molecular flexibility index (Phi) is 5.68. The highest BCUT2D eigenvalue weighted by molar-refractivity contribution is 5.91. The summed E-state index contributed by atoms with van der Waals surface area (Å²) >= 11 is 0. The van der Waals surface area contributed by atoms with Crippen LogP contribution in [-0.2, 0) is 11.2 Å². The van der Waals surface area contributed by atoms with Gasteiger partial charge in [-0.15, -0.1) is 0 Å². The zero-order valence-corrected chi connectivity index (χ0v) is 16.5. The predicted molar refractivity (Wildman–Crippen MR) is 111 cm³/mol. The van der Waals surface area contributed by atoms with Crippen LogP contribution in [0.25, 0.3) is 10.9 Å². The molecule has 0 radical (unpaired) electrons. The first kappa shape index (κ1) is 19.5. The van der Waals surface area contributed by atoms with Crippen molar-refractivity contribution in [3.05, 3.63) is 63.4 Å². The van der Waals surface area contributed by atoms with Gasteiger partial charge in [-0.2, -0.15) is 0 Å². The van der Waals surface area contributed by atoms with Crippen molar-refractivity contribution in [3.8, 4) is 11.5 Å². The number of anilines is 1. The number of hydrogen-bond donors (Lipinski definition) is 2. The van der Waals surface area contributed by atoms with Crippen molar-refractivity contribution >= 4 is 22.5 Å². The summed E-state index contributed by atoms with van der Waals surface area (Å²) in [5, 5.41) is 3.70. The van der Waals surface area contributed by atoms with E-state index < -0.39 is 0 Å². The van der Waals surface area contributed by atoms with Gasteiger partial charge in [0.05, 0.1) is 19.7 Å². The van der Waals surface area contributed by atoms with Crippen molar-refractivity contribution in [1.82, 2.24) is 4.98 Å². The number of aromatic amines is 1. The Morgan fingerprint density at radius 1 is 1.00 bits per heavy atom. The molecule has 0 aliphatic rings. The highest BCUT2D eigenvalue weighted by Crippen LogP contribution is 2.31. The maximum absolute atomic E-state index is 12.4. The van der Waals surface area contributed by atoms with Gasteiger partial charge < -0.3 is 19.8 Å². The van der Waals surface area contributed by atoms with Crippen LogP contribution in [0.5, 0.6) is 11.5 Å². The largest absolute Gasteiger partial charge is 0.493 e. The third kappa shape index (κ3) is 4.17. The number of fused-ring (bicyclic) bond motifs is 1. The Hall–Kier alpha value is -3.28. The number of carbonyl (C=O) groups excluding carboxylic acids is 1. The van der Waals surface area contributed by atoms with Crippen LogP contribution >= 0.6 is 0 Å². The Morgan fingerprint density at radius 2 is 1.71 bits per heavy atom. The molecule has 0 fully saturated rings. The molecule has 1 amide bonds. The smallest absolute Gasteiger partial charge is 0.251 e. The van der Waals surface area contributed by atoms with E-state index in [-0.39, 0.29) is 17.9 Å². The second kappa shape index (κ2) is 8.17. The number of methoxy groups -OCH3 is 2. The molecule has 0 bridgehead atoms. The number of nitrogens with one attached hydrogen (secondary N) is 2. The molecule has 3 aromatic rings. The lowest BCUT2D eigenvalue weighted by Crippen LogP contribution is -2.17. The van der Waals surface area contributed by atoms with Gasteiger partial charge in [-0.3, -0.25) is 9.59 Å². The zero-order chi connectivity index (χ0) is 20.3. The number of carbonyl (C=O) groups is 1. The van der Waals surface area contributed by atoms with Crippen molar-refractivity contribution in [2.45, 2.75) is 26.7 Å². The summed E-state index contributed by atoms with van der Waals surface area (Å²) < 4.78 is 10.6. The number of ether oxygens (including phenoxy) is 2. The summed E-state index contributed by atoms with van der Waals surface area (Å²) in [5.41, 5.74) is 4.05. The second-order valence-corrected chi connectivity index (χ2v) is 6.77. The van der Waals surface area contributed by atoms with Crippen LogP contribution in [0.2, 0.25) is 0 Å². The summed E-state index contributed by atoms with van der Waals surface area (Å²) in [7, 11) is 3.11. The molecule has 0 saturated heterocycles. The minimum Gasteiger partial charge on any atom is -0.493 e. The molecule has 1 heterocycles. The lowest BCUT2D eigenvalue weighted by atomic mass is 10.1. The number of benzene rings is 2. The van der Waals surface area contributed by atoms with Crippen molar-refractivity contribution < 1.29 is 14.3 Å². The lowest BCUT2D eigenvalue weighted by Gasteiger charge is -2.10. The van der Waals surface area contributed by atoms with E-state index in [1.807, 2.05) is 38.1 Å².